The fourth-order valence-electron chi connectivity index (χ4n) is 3.51. The number of nitrogens with zero attached hydrogens (tertiary/aromatic N) is 3. The largest absolute Gasteiger partial charge is 0.542 e. The molecule has 184 valence electrons. The molecular weight excluding hydrogens is 448 g/mol. The Morgan fingerprint density at radius 1 is 1.15 bits per heavy atom. The molecule has 0 spiro atoms. The van der Waals surface area contributed by atoms with Crippen LogP contribution < -0.4 is 9.74 Å². The van der Waals surface area contributed by atoms with Crippen LogP contribution in [0, 0.1) is 0 Å². The van der Waals surface area contributed by atoms with E-state index in [1.165, 1.54) is 7.11 Å². The molecule has 0 radical (unpaired) electrons. The fourth-order valence-corrected chi connectivity index (χ4v) is 4.53. The topological polar surface area (TPSA) is 95.3 Å². The standard InChI is InChI=1S/C25H36N4O4Si/c1-25(2,3)34(5,6)33-19-12-13-22(26-16-19)29-17-18(15-27-29)11-14-23(30)28-21-10-8-7-9-20(21)24(31)32-4/h12-13,15-17H,7-11,14H2,1-6H3,(H,28,30). The molecule has 0 unspecified atom stereocenters. The molecule has 34 heavy (non-hydrogen) atoms. The zero-order valence-electron chi connectivity index (χ0n) is 21.1. The molecule has 1 aliphatic carbocycles. The summed E-state index contributed by atoms with van der Waals surface area (Å²) in [5, 5.41) is 7.42. The molecule has 0 saturated heterocycles. The summed E-state index contributed by atoms with van der Waals surface area (Å²) >= 11 is 0. The van der Waals surface area contributed by atoms with Gasteiger partial charge < -0.3 is 14.5 Å². The van der Waals surface area contributed by atoms with Crippen LogP contribution in [0.3, 0.4) is 0 Å². The number of ether oxygens (including phenoxy) is 1. The van der Waals surface area contributed by atoms with E-state index in [1.54, 1.807) is 17.1 Å². The highest BCUT2D eigenvalue weighted by molar-refractivity contribution is 6.74. The second-order valence-corrected chi connectivity index (χ2v) is 14.9. The third kappa shape index (κ3) is 6.34. The van der Waals surface area contributed by atoms with Gasteiger partial charge in [0.05, 0.1) is 25.1 Å². The molecule has 0 bridgehead atoms. The van der Waals surface area contributed by atoms with Crippen LogP contribution in [-0.2, 0) is 20.7 Å². The SMILES string of the molecule is COC(=O)C1=C(NC(=O)CCc2cnn(-c3ccc(O[Si](C)(C)C(C)(C)C)cn3)c2)CCCC1. The minimum atomic E-state index is -1.92. The number of esters is 1. The molecule has 0 aromatic carbocycles. The van der Waals surface area contributed by atoms with Crippen molar-refractivity contribution in [2.75, 3.05) is 7.11 Å². The minimum Gasteiger partial charge on any atom is -0.542 e. The van der Waals surface area contributed by atoms with Gasteiger partial charge in [-0.25, -0.2) is 14.5 Å². The van der Waals surface area contributed by atoms with Crippen LogP contribution >= 0.6 is 0 Å². The number of carbonyl (C=O) groups is 2. The molecular formula is C25H36N4O4Si. The van der Waals surface area contributed by atoms with Gasteiger partial charge in [-0.2, -0.15) is 5.10 Å². The monoisotopic (exact) mass is 484 g/mol. The number of allylic oxidation sites excluding steroid dienone is 1. The molecule has 1 aliphatic rings. The number of aryl methyl sites for hydroxylation is 1. The molecule has 3 rings (SSSR count). The predicted molar refractivity (Wildman–Crippen MR) is 133 cm³/mol. The summed E-state index contributed by atoms with van der Waals surface area (Å²) in [7, 11) is -0.552. The van der Waals surface area contributed by atoms with E-state index in [-0.39, 0.29) is 16.9 Å². The Balaban J connectivity index is 1.58. The highest BCUT2D eigenvalue weighted by atomic mass is 28.4. The van der Waals surface area contributed by atoms with E-state index in [4.69, 9.17) is 9.16 Å². The van der Waals surface area contributed by atoms with Crippen molar-refractivity contribution in [1.29, 1.82) is 0 Å². The minimum absolute atomic E-state index is 0.114. The van der Waals surface area contributed by atoms with Crippen LogP contribution in [0.25, 0.3) is 5.82 Å². The maximum Gasteiger partial charge on any atom is 0.335 e. The second-order valence-electron chi connectivity index (χ2n) is 10.2. The highest BCUT2D eigenvalue weighted by Gasteiger charge is 2.39. The molecule has 2 heterocycles. The molecule has 9 heteroatoms. The molecule has 0 fully saturated rings. The Bertz CT molecular complexity index is 1050. The van der Waals surface area contributed by atoms with Crippen LogP contribution in [0.15, 0.2) is 42.0 Å². The van der Waals surface area contributed by atoms with Gasteiger partial charge in [0, 0.05) is 18.3 Å². The third-order valence-corrected chi connectivity index (χ3v) is 11.0. The Morgan fingerprint density at radius 2 is 1.88 bits per heavy atom. The number of carbonyl (C=O) groups excluding carboxylic acids is 2. The van der Waals surface area contributed by atoms with Crippen molar-refractivity contribution in [2.45, 2.75) is 77.4 Å². The van der Waals surface area contributed by atoms with Gasteiger partial charge in [-0.15, -0.1) is 0 Å². The van der Waals surface area contributed by atoms with Crippen molar-refractivity contribution < 1.29 is 18.8 Å². The van der Waals surface area contributed by atoms with Crippen molar-refractivity contribution in [3.05, 3.63) is 47.6 Å². The number of amides is 1. The second kappa shape index (κ2) is 10.5. The summed E-state index contributed by atoms with van der Waals surface area (Å²) < 4.78 is 12.8. The summed E-state index contributed by atoms with van der Waals surface area (Å²) in [6, 6.07) is 3.81. The van der Waals surface area contributed by atoms with Gasteiger partial charge >= 0.3 is 5.97 Å². The van der Waals surface area contributed by atoms with Crippen LogP contribution in [0.1, 0.15) is 58.4 Å². The maximum absolute atomic E-state index is 12.5. The average molecular weight is 485 g/mol. The van der Waals surface area contributed by atoms with Crippen LogP contribution in [-0.4, -0.2) is 42.1 Å². The van der Waals surface area contributed by atoms with Crippen molar-refractivity contribution >= 4 is 20.2 Å². The number of pyridine rings is 1. The van der Waals surface area contributed by atoms with Crippen molar-refractivity contribution in [3.8, 4) is 11.6 Å². The number of rotatable bonds is 8. The Labute approximate surface area is 202 Å². The third-order valence-electron chi connectivity index (χ3n) is 6.60. The summed E-state index contributed by atoms with van der Waals surface area (Å²) in [5.74, 6) is 0.983. The first-order valence-corrected chi connectivity index (χ1v) is 14.7. The number of aromatic nitrogens is 3. The van der Waals surface area contributed by atoms with Gasteiger partial charge in [-0.05, 0) is 67.9 Å². The van der Waals surface area contributed by atoms with Gasteiger partial charge in [-0.3, -0.25) is 4.79 Å². The zero-order chi connectivity index (χ0) is 24.9. The van der Waals surface area contributed by atoms with E-state index in [0.29, 0.717) is 42.8 Å². The Morgan fingerprint density at radius 3 is 2.53 bits per heavy atom. The maximum atomic E-state index is 12.5. The van der Waals surface area contributed by atoms with Gasteiger partial charge in [0.2, 0.25) is 5.91 Å². The normalized spacial score (nSPS) is 14.6. The Kier molecular flexibility index (Phi) is 7.96. The number of nitrogens with one attached hydrogen (secondary N) is 1. The summed E-state index contributed by atoms with van der Waals surface area (Å²) in [6.07, 6.45) is 9.42. The average Bonchev–Trinajstić information content (AvgIpc) is 3.26. The quantitative estimate of drug-likeness (QED) is 0.431. The Hall–Kier alpha value is -2.94. The van der Waals surface area contributed by atoms with Gasteiger partial charge in [0.15, 0.2) is 5.82 Å². The fraction of sp³-hybridized carbons (Fsp3) is 0.520. The molecule has 1 N–H and O–H groups in total. The van der Waals surface area contributed by atoms with Gasteiger partial charge in [0.1, 0.15) is 5.75 Å². The van der Waals surface area contributed by atoms with Gasteiger partial charge in [-0.1, -0.05) is 20.8 Å². The molecule has 1 amide bonds. The summed E-state index contributed by atoms with van der Waals surface area (Å²) in [4.78, 5) is 28.9. The molecule has 0 atom stereocenters. The first-order valence-electron chi connectivity index (χ1n) is 11.8. The van der Waals surface area contributed by atoms with Crippen LogP contribution in [0.4, 0.5) is 0 Å². The van der Waals surface area contributed by atoms with E-state index >= 15 is 0 Å². The van der Waals surface area contributed by atoms with E-state index in [1.807, 2.05) is 18.3 Å². The lowest BCUT2D eigenvalue weighted by Gasteiger charge is -2.36. The molecule has 0 saturated carbocycles. The van der Waals surface area contributed by atoms with E-state index < -0.39 is 8.32 Å². The summed E-state index contributed by atoms with van der Waals surface area (Å²) in [5.41, 5.74) is 2.22. The number of methoxy groups -OCH3 is 1. The van der Waals surface area contributed by atoms with E-state index in [2.05, 4.69) is 49.3 Å². The summed E-state index contributed by atoms with van der Waals surface area (Å²) in [6.45, 7) is 11.0. The van der Waals surface area contributed by atoms with Crippen molar-refractivity contribution in [1.82, 2.24) is 20.1 Å². The molecule has 2 aromatic rings. The van der Waals surface area contributed by atoms with Crippen molar-refractivity contribution in [3.63, 3.8) is 0 Å². The van der Waals surface area contributed by atoms with E-state index in [9.17, 15) is 9.59 Å². The lowest BCUT2D eigenvalue weighted by Crippen LogP contribution is -2.43. The van der Waals surface area contributed by atoms with Gasteiger partial charge in [0.25, 0.3) is 8.32 Å². The van der Waals surface area contributed by atoms with E-state index in [0.717, 1.165) is 24.2 Å². The number of hydrogen-bond acceptors (Lipinski definition) is 6. The number of hydrogen-bond donors (Lipinski definition) is 1. The molecule has 2 aromatic heterocycles. The first-order chi connectivity index (χ1) is 16.0. The molecule has 8 nitrogen and oxygen atoms in total. The predicted octanol–water partition coefficient (Wildman–Crippen LogP) is 4.70. The zero-order valence-corrected chi connectivity index (χ0v) is 22.1. The van der Waals surface area contributed by atoms with Crippen LogP contribution in [0.5, 0.6) is 5.75 Å². The highest BCUT2D eigenvalue weighted by Crippen LogP contribution is 2.37. The lowest BCUT2D eigenvalue weighted by atomic mass is 9.96. The first kappa shape index (κ1) is 25.7. The molecule has 0 aliphatic heterocycles. The smallest absolute Gasteiger partial charge is 0.335 e. The lowest BCUT2D eigenvalue weighted by molar-refractivity contribution is -0.136. The van der Waals surface area contributed by atoms with Crippen LogP contribution in [0.2, 0.25) is 18.1 Å². The van der Waals surface area contributed by atoms with Crippen molar-refractivity contribution in [2.24, 2.45) is 0 Å².